The van der Waals surface area contributed by atoms with E-state index in [1.165, 1.54) is 0 Å². The maximum atomic E-state index is 12.5. The molecule has 0 aliphatic carbocycles. The second-order valence-corrected chi connectivity index (χ2v) is 4.33. The fourth-order valence-corrected chi connectivity index (χ4v) is 1.10. The molecule has 0 atom stereocenters. The maximum Gasteiger partial charge on any atom is 0.416 e. The molecule has 1 aromatic rings. The largest absolute Gasteiger partial charge is 0.472 e. The lowest BCUT2D eigenvalue weighted by molar-refractivity contribution is -0.137. The summed E-state index contributed by atoms with van der Waals surface area (Å²) in [5.74, 6) is -0.314. The Morgan fingerprint density at radius 2 is 1.88 bits per heavy atom. The van der Waals surface area contributed by atoms with Crippen molar-refractivity contribution in [2.24, 2.45) is 0 Å². The van der Waals surface area contributed by atoms with E-state index < -0.39 is 17.3 Å². The molecule has 0 unspecified atom stereocenters. The van der Waals surface area contributed by atoms with E-state index in [-0.39, 0.29) is 11.7 Å². The number of nitrogens with zero attached hydrogens (tertiary/aromatic N) is 1. The zero-order valence-electron chi connectivity index (χ0n) is 9.93. The molecule has 0 fully saturated rings. The summed E-state index contributed by atoms with van der Waals surface area (Å²) in [6.45, 7) is 5.41. The van der Waals surface area contributed by atoms with Crippen LogP contribution in [0.3, 0.4) is 0 Å². The summed E-state index contributed by atoms with van der Waals surface area (Å²) in [4.78, 5) is 3.74. The van der Waals surface area contributed by atoms with Crippen LogP contribution in [0.15, 0.2) is 12.1 Å². The summed E-state index contributed by atoms with van der Waals surface area (Å²) in [6, 6.07) is 1.64. The molecular formula is C11H15F3N2O. The highest BCUT2D eigenvalue weighted by molar-refractivity contribution is 5.38. The number of hydrogen-bond donors (Lipinski definition) is 1. The van der Waals surface area contributed by atoms with Crippen molar-refractivity contribution in [1.29, 1.82) is 0 Å². The monoisotopic (exact) mass is 248 g/mol. The second kappa shape index (κ2) is 4.43. The van der Waals surface area contributed by atoms with Crippen molar-refractivity contribution >= 4 is 5.82 Å². The first kappa shape index (κ1) is 13.6. The molecule has 0 aliphatic rings. The van der Waals surface area contributed by atoms with E-state index in [2.05, 4.69) is 4.98 Å². The van der Waals surface area contributed by atoms with Gasteiger partial charge in [-0.1, -0.05) is 6.92 Å². The van der Waals surface area contributed by atoms with Crippen molar-refractivity contribution in [1.82, 2.24) is 4.98 Å². The van der Waals surface area contributed by atoms with Crippen molar-refractivity contribution in [3.8, 4) is 5.88 Å². The van der Waals surface area contributed by atoms with Gasteiger partial charge in [0.25, 0.3) is 0 Å². The minimum Gasteiger partial charge on any atom is -0.472 e. The third kappa shape index (κ3) is 3.80. The summed E-state index contributed by atoms with van der Waals surface area (Å²) in [6.07, 6.45) is -3.81. The van der Waals surface area contributed by atoms with Crippen molar-refractivity contribution in [3.05, 3.63) is 17.7 Å². The van der Waals surface area contributed by atoms with Crippen LogP contribution in [-0.2, 0) is 6.18 Å². The Balaban J connectivity index is 3.06. The lowest BCUT2D eigenvalue weighted by atomic mass is 10.1. The predicted molar refractivity (Wildman–Crippen MR) is 58.6 cm³/mol. The van der Waals surface area contributed by atoms with Gasteiger partial charge in [-0.3, -0.25) is 0 Å². The van der Waals surface area contributed by atoms with Gasteiger partial charge in [0.05, 0.1) is 5.56 Å². The Kier molecular flexibility index (Phi) is 3.54. The molecule has 0 aromatic carbocycles. The van der Waals surface area contributed by atoms with Crippen LogP contribution < -0.4 is 10.5 Å². The average molecular weight is 248 g/mol. The van der Waals surface area contributed by atoms with Crippen molar-refractivity contribution in [2.45, 2.75) is 39.0 Å². The molecule has 1 heterocycles. The molecule has 0 spiro atoms. The molecule has 0 amide bonds. The van der Waals surface area contributed by atoms with Crippen LogP contribution in [0, 0.1) is 0 Å². The van der Waals surface area contributed by atoms with Gasteiger partial charge in [0.15, 0.2) is 0 Å². The van der Waals surface area contributed by atoms with Crippen LogP contribution in [0.1, 0.15) is 32.8 Å². The molecule has 0 saturated heterocycles. The fraction of sp³-hybridized carbons (Fsp3) is 0.545. The Hall–Kier alpha value is -1.46. The van der Waals surface area contributed by atoms with Gasteiger partial charge in [0, 0.05) is 6.07 Å². The Labute approximate surface area is 97.8 Å². The molecule has 2 N–H and O–H groups in total. The smallest absolute Gasteiger partial charge is 0.416 e. The molecule has 1 rings (SSSR count). The standard InChI is InChI=1S/C11H15F3N2O/c1-4-10(2,3)17-9-6-7(11(12,13)14)5-8(15)16-9/h5-6H,4H2,1-3H3,(H2,15,16). The maximum absolute atomic E-state index is 12.5. The first-order chi connectivity index (χ1) is 7.64. The van der Waals surface area contributed by atoms with E-state index in [0.717, 1.165) is 12.1 Å². The highest BCUT2D eigenvalue weighted by atomic mass is 19.4. The number of halogens is 3. The number of alkyl halides is 3. The topological polar surface area (TPSA) is 48.1 Å². The molecule has 1 aromatic heterocycles. The van der Waals surface area contributed by atoms with Crippen LogP contribution in [0.2, 0.25) is 0 Å². The summed E-state index contributed by atoms with van der Waals surface area (Å²) in [5.41, 5.74) is 3.89. The molecule has 0 saturated carbocycles. The van der Waals surface area contributed by atoms with Gasteiger partial charge in [-0.15, -0.1) is 0 Å². The minimum atomic E-state index is -4.45. The van der Waals surface area contributed by atoms with Gasteiger partial charge >= 0.3 is 6.18 Å². The average Bonchev–Trinajstić information content (AvgIpc) is 2.14. The molecule has 3 nitrogen and oxygen atoms in total. The van der Waals surface area contributed by atoms with Crippen LogP contribution in [-0.4, -0.2) is 10.6 Å². The molecule has 6 heteroatoms. The van der Waals surface area contributed by atoms with Crippen molar-refractivity contribution < 1.29 is 17.9 Å². The number of hydrogen-bond acceptors (Lipinski definition) is 3. The zero-order chi connectivity index (χ0) is 13.3. The lowest BCUT2D eigenvalue weighted by Gasteiger charge is -2.24. The summed E-state index contributed by atoms with van der Waals surface area (Å²) < 4.78 is 42.9. The third-order valence-electron chi connectivity index (χ3n) is 2.38. The summed E-state index contributed by atoms with van der Waals surface area (Å²) >= 11 is 0. The highest BCUT2D eigenvalue weighted by Crippen LogP contribution is 2.33. The van der Waals surface area contributed by atoms with E-state index in [1.807, 2.05) is 6.92 Å². The SMILES string of the molecule is CCC(C)(C)Oc1cc(C(F)(F)F)cc(N)n1. The van der Waals surface area contributed by atoms with Crippen molar-refractivity contribution in [2.75, 3.05) is 5.73 Å². The normalized spacial score (nSPS) is 12.6. The predicted octanol–water partition coefficient (Wildman–Crippen LogP) is 3.25. The number of ether oxygens (including phenoxy) is 1. The third-order valence-corrected chi connectivity index (χ3v) is 2.38. The quantitative estimate of drug-likeness (QED) is 0.893. The summed E-state index contributed by atoms with van der Waals surface area (Å²) in [7, 11) is 0. The minimum absolute atomic E-state index is 0.107. The van der Waals surface area contributed by atoms with E-state index in [0.29, 0.717) is 6.42 Å². The molecule has 17 heavy (non-hydrogen) atoms. The first-order valence-corrected chi connectivity index (χ1v) is 5.18. The molecule has 0 bridgehead atoms. The van der Waals surface area contributed by atoms with Crippen LogP contribution in [0.5, 0.6) is 5.88 Å². The van der Waals surface area contributed by atoms with E-state index in [4.69, 9.17) is 10.5 Å². The van der Waals surface area contributed by atoms with E-state index in [1.54, 1.807) is 13.8 Å². The summed E-state index contributed by atoms with van der Waals surface area (Å²) in [5, 5.41) is 0. The van der Waals surface area contributed by atoms with Gasteiger partial charge in [0.1, 0.15) is 11.4 Å². The molecule has 0 aliphatic heterocycles. The number of rotatable bonds is 3. The Morgan fingerprint density at radius 1 is 1.29 bits per heavy atom. The van der Waals surface area contributed by atoms with Crippen LogP contribution in [0.25, 0.3) is 0 Å². The van der Waals surface area contributed by atoms with E-state index in [9.17, 15) is 13.2 Å². The first-order valence-electron chi connectivity index (χ1n) is 5.18. The fourth-order valence-electron chi connectivity index (χ4n) is 1.10. The molecule has 96 valence electrons. The Bertz CT molecular complexity index is 402. The number of nitrogen functional groups attached to an aromatic ring is 1. The van der Waals surface area contributed by atoms with E-state index >= 15 is 0 Å². The number of aromatic nitrogens is 1. The van der Waals surface area contributed by atoms with Gasteiger partial charge in [0.2, 0.25) is 5.88 Å². The number of nitrogens with two attached hydrogens (primary N) is 1. The number of pyridine rings is 1. The van der Waals surface area contributed by atoms with Gasteiger partial charge in [-0.25, -0.2) is 0 Å². The van der Waals surface area contributed by atoms with Crippen LogP contribution in [0.4, 0.5) is 19.0 Å². The Morgan fingerprint density at radius 3 is 2.35 bits per heavy atom. The van der Waals surface area contributed by atoms with Gasteiger partial charge in [-0.2, -0.15) is 18.2 Å². The zero-order valence-corrected chi connectivity index (χ0v) is 9.93. The van der Waals surface area contributed by atoms with Crippen LogP contribution >= 0.6 is 0 Å². The highest BCUT2D eigenvalue weighted by Gasteiger charge is 2.32. The number of anilines is 1. The molecule has 0 radical (unpaired) electrons. The lowest BCUT2D eigenvalue weighted by Crippen LogP contribution is -2.27. The van der Waals surface area contributed by atoms with Gasteiger partial charge < -0.3 is 10.5 Å². The second-order valence-electron chi connectivity index (χ2n) is 4.33. The molecular weight excluding hydrogens is 233 g/mol. The van der Waals surface area contributed by atoms with Crippen molar-refractivity contribution in [3.63, 3.8) is 0 Å². The van der Waals surface area contributed by atoms with Gasteiger partial charge in [-0.05, 0) is 26.3 Å².